The summed E-state index contributed by atoms with van der Waals surface area (Å²) in [6.07, 6.45) is 1.05. The average Bonchev–Trinajstić information content (AvgIpc) is 3.41. The van der Waals surface area contributed by atoms with Gasteiger partial charge in [0.15, 0.2) is 5.78 Å². The number of aromatic nitrogens is 2. The summed E-state index contributed by atoms with van der Waals surface area (Å²) < 4.78 is 1.47. The van der Waals surface area contributed by atoms with Crippen LogP contribution in [-0.4, -0.2) is 26.6 Å². The van der Waals surface area contributed by atoms with Crippen molar-refractivity contribution in [3.05, 3.63) is 93.7 Å². The van der Waals surface area contributed by atoms with Crippen LogP contribution in [0.15, 0.2) is 77.6 Å². The zero-order valence-electron chi connectivity index (χ0n) is 18.3. The van der Waals surface area contributed by atoms with Gasteiger partial charge in [-0.15, -0.1) is 0 Å². The molecule has 0 aliphatic heterocycles. The summed E-state index contributed by atoms with van der Waals surface area (Å²) in [5.74, 6) is -2.94. The number of fused-ring (bicyclic) bond motifs is 1. The Labute approximate surface area is 200 Å². The summed E-state index contributed by atoms with van der Waals surface area (Å²) in [5, 5.41) is 14.3. The molecule has 0 radical (unpaired) electrons. The molecular weight excluding hydrogens is 452 g/mol. The van der Waals surface area contributed by atoms with E-state index in [-0.39, 0.29) is 23.8 Å². The van der Waals surface area contributed by atoms with E-state index in [1.165, 1.54) is 4.68 Å². The van der Waals surface area contributed by atoms with Crippen molar-refractivity contribution in [1.29, 1.82) is 0 Å². The number of benzene rings is 3. The number of aromatic amines is 1. The van der Waals surface area contributed by atoms with Gasteiger partial charge in [-0.1, -0.05) is 60.1 Å². The summed E-state index contributed by atoms with van der Waals surface area (Å²) in [7, 11) is 0. The number of nitrogens with one attached hydrogen (secondary N) is 1. The number of halogens is 1. The van der Waals surface area contributed by atoms with E-state index >= 15 is 0 Å². The van der Waals surface area contributed by atoms with Crippen molar-refractivity contribution in [2.24, 2.45) is 17.8 Å². The van der Waals surface area contributed by atoms with Crippen LogP contribution in [0, 0.1) is 17.8 Å². The van der Waals surface area contributed by atoms with Gasteiger partial charge < -0.3 is 5.11 Å². The molecule has 0 bridgehead atoms. The van der Waals surface area contributed by atoms with Crippen molar-refractivity contribution in [1.82, 2.24) is 9.78 Å². The molecule has 3 atom stereocenters. The standard InChI is InChI=1S/C27H23ClN2O4/c28-20-12-9-17(10-13-20)16-5-7-18(8-6-16)25(31)22-14-11-19(24(22)27(33)34)15-30-26(32)21-3-1-2-4-23(21)29-30/h1-10,12-13,19,22,24,29H,11,14-15H2,(H,33,34). The Morgan fingerprint density at radius 1 is 0.941 bits per heavy atom. The Balaban J connectivity index is 1.36. The third kappa shape index (κ3) is 4.05. The second-order valence-corrected chi connectivity index (χ2v) is 9.27. The molecule has 5 rings (SSSR count). The number of rotatable bonds is 6. The van der Waals surface area contributed by atoms with Crippen molar-refractivity contribution in [2.75, 3.05) is 0 Å². The molecule has 1 heterocycles. The van der Waals surface area contributed by atoms with E-state index in [0.717, 1.165) is 11.1 Å². The minimum atomic E-state index is -0.997. The molecule has 0 saturated heterocycles. The van der Waals surface area contributed by atoms with Crippen LogP contribution in [0.3, 0.4) is 0 Å². The molecule has 1 aliphatic carbocycles. The van der Waals surface area contributed by atoms with Gasteiger partial charge in [0.05, 0.1) is 16.8 Å². The predicted molar refractivity (Wildman–Crippen MR) is 131 cm³/mol. The van der Waals surface area contributed by atoms with Crippen LogP contribution in [0.5, 0.6) is 0 Å². The van der Waals surface area contributed by atoms with Gasteiger partial charge in [-0.05, 0) is 54.2 Å². The molecule has 6 nitrogen and oxygen atoms in total. The second-order valence-electron chi connectivity index (χ2n) is 8.83. The summed E-state index contributed by atoms with van der Waals surface area (Å²) >= 11 is 5.96. The zero-order valence-corrected chi connectivity index (χ0v) is 19.0. The highest BCUT2D eigenvalue weighted by Gasteiger charge is 2.45. The Hall–Kier alpha value is -3.64. The molecule has 0 spiro atoms. The van der Waals surface area contributed by atoms with Crippen molar-refractivity contribution in [2.45, 2.75) is 19.4 Å². The molecule has 7 heteroatoms. The van der Waals surface area contributed by atoms with Gasteiger partial charge in [-0.25, -0.2) is 0 Å². The summed E-state index contributed by atoms with van der Waals surface area (Å²) in [6.45, 7) is 0.240. The fraction of sp³-hybridized carbons (Fsp3) is 0.222. The fourth-order valence-corrected chi connectivity index (χ4v) is 5.24. The number of ketones is 1. The molecule has 1 saturated carbocycles. The van der Waals surface area contributed by atoms with Crippen LogP contribution >= 0.6 is 11.6 Å². The Bertz CT molecular complexity index is 1420. The van der Waals surface area contributed by atoms with Gasteiger partial charge in [0.25, 0.3) is 5.56 Å². The lowest BCUT2D eigenvalue weighted by Crippen LogP contribution is -2.33. The maximum atomic E-state index is 13.3. The maximum absolute atomic E-state index is 13.3. The summed E-state index contributed by atoms with van der Waals surface area (Å²) in [6, 6.07) is 21.9. The first-order valence-electron chi connectivity index (χ1n) is 11.2. The van der Waals surface area contributed by atoms with E-state index < -0.39 is 17.8 Å². The smallest absolute Gasteiger partial charge is 0.307 e. The number of aliphatic carboxylic acids is 1. The average molecular weight is 475 g/mol. The van der Waals surface area contributed by atoms with E-state index in [0.29, 0.717) is 34.3 Å². The van der Waals surface area contributed by atoms with E-state index in [9.17, 15) is 19.5 Å². The number of carbonyl (C=O) groups excluding carboxylic acids is 1. The lowest BCUT2D eigenvalue weighted by atomic mass is 9.84. The summed E-state index contributed by atoms with van der Waals surface area (Å²) in [5.41, 5.74) is 2.97. The lowest BCUT2D eigenvalue weighted by molar-refractivity contribution is -0.144. The Morgan fingerprint density at radius 2 is 1.59 bits per heavy atom. The van der Waals surface area contributed by atoms with Gasteiger partial charge in [0.1, 0.15) is 0 Å². The molecule has 3 unspecified atom stereocenters. The van der Waals surface area contributed by atoms with Gasteiger partial charge in [0.2, 0.25) is 0 Å². The molecule has 2 N–H and O–H groups in total. The number of hydrogen-bond donors (Lipinski definition) is 2. The molecular formula is C27H23ClN2O4. The predicted octanol–water partition coefficient (Wildman–Crippen LogP) is 5.26. The van der Waals surface area contributed by atoms with Crippen LogP contribution in [0.25, 0.3) is 22.0 Å². The largest absolute Gasteiger partial charge is 0.481 e. The van der Waals surface area contributed by atoms with Gasteiger partial charge in [-0.2, -0.15) is 0 Å². The number of carboxylic acid groups (broad SMARTS) is 1. The number of nitrogens with zero attached hydrogens (tertiary/aromatic N) is 1. The Kier molecular flexibility index (Phi) is 5.84. The molecule has 1 fully saturated rings. The highest BCUT2D eigenvalue weighted by Crippen LogP contribution is 2.40. The second kappa shape index (κ2) is 8.95. The first-order valence-corrected chi connectivity index (χ1v) is 11.6. The van der Waals surface area contributed by atoms with Gasteiger partial charge in [0, 0.05) is 23.0 Å². The van der Waals surface area contributed by atoms with E-state index in [1.54, 1.807) is 24.3 Å². The molecule has 0 amide bonds. The van der Waals surface area contributed by atoms with Crippen LogP contribution in [0.2, 0.25) is 5.02 Å². The maximum Gasteiger partial charge on any atom is 0.307 e. The van der Waals surface area contributed by atoms with Crippen molar-refractivity contribution >= 4 is 34.3 Å². The lowest BCUT2D eigenvalue weighted by Gasteiger charge is -2.20. The van der Waals surface area contributed by atoms with Crippen molar-refractivity contribution in [3.63, 3.8) is 0 Å². The van der Waals surface area contributed by atoms with Gasteiger partial charge in [-0.3, -0.25) is 24.2 Å². The monoisotopic (exact) mass is 474 g/mol. The molecule has 34 heavy (non-hydrogen) atoms. The molecule has 3 aromatic carbocycles. The van der Waals surface area contributed by atoms with E-state index in [1.807, 2.05) is 48.5 Å². The molecule has 1 aromatic heterocycles. The minimum absolute atomic E-state index is 0.165. The van der Waals surface area contributed by atoms with Crippen LogP contribution < -0.4 is 5.56 Å². The Morgan fingerprint density at radius 3 is 2.24 bits per heavy atom. The fourth-order valence-electron chi connectivity index (χ4n) is 5.11. The van der Waals surface area contributed by atoms with Crippen LogP contribution in [0.4, 0.5) is 0 Å². The third-order valence-electron chi connectivity index (χ3n) is 6.83. The number of carboxylic acids is 1. The first kappa shape index (κ1) is 22.2. The SMILES string of the molecule is O=C(c1ccc(-c2ccc(Cl)cc2)cc1)C1CCC(Cn2[nH]c3ccccc3c2=O)C1C(=O)O. The first-order chi connectivity index (χ1) is 16.4. The topological polar surface area (TPSA) is 92.2 Å². The third-order valence-corrected chi connectivity index (χ3v) is 7.09. The number of hydrogen-bond acceptors (Lipinski definition) is 3. The number of Topliss-reactive ketones (excluding diaryl/α,β-unsaturated/α-hetero) is 1. The minimum Gasteiger partial charge on any atom is -0.481 e. The molecule has 4 aromatic rings. The number of para-hydroxylation sites is 1. The van der Waals surface area contributed by atoms with Crippen molar-refractivity contribution in [3.8, 4) is 11.1 Å². The van der Waals surface area contributed by atoms with Crippen LogP contribution in [-0.2, 0) is 11.3 Å². The van der Waals surface area contributed by atoms with Crippen molar-refractivity contribution < 1.29 is 14.7 Å². The van der Waals surface area contributed by atoms with Gasteiger partial charge >= 0.3 is 5.97 Å². The van der Waals surface area contributed by atoms with E-state index in [4.69, 9.17) is 11.6 Å². The quantitative estimate of drug-likeness (QED) is 0.373. The highest BCUT2D eigenvalue weighted by atomic mass is 35.5. The van der Waals surface area contributed by atoms with E-state index in [2.05, 4.69) is 5.10 Å². The summed E-state index contributed by atoms with van der Waals surface area (Å²) in [4.78, 5) is 38.2. The highest BCUT2D eigenvalue weighted by molar-refractivity contribution is 6.30. The normalized spacial score (nSPS) is 20.0. The number of H-pyrrole nitrogens is 1. The molecule has 1 aliphatic rings. The number of carbonyl (C=O) groups is 2. The molecule has 172 valence electrons. The zero-order chi connectivity index (χ0) is 23.8. The van der Waals surface area contributed by atoms with Crippen LogP contribution in [0.1, 0.15) is 23.2 Å².